The summed E-state index contributed by atoms with van der Waals surface area (Å²) in [5.74, 6) is 0. The first kappa shape index (κ1) is 15.9. The van der Waals surface area contributed by atoms with Crippen LogP contribution in [-0.2, 0) is 6.42 Å². The van der Waals surface area contributed by atoms with Crippen LogP contribution in [0, 0.1) is 0 Å². The molecule has 2 heterocycles. The largest absolute Gasteiger partial charge is 0.362 e. The van der Waals surface area contributed by atoms with Crippen LogP contribution in [0.1, 0.15) is 34.9 Å². The summed E-state index contributed by atoms with van der Waals surface area (Å²) < 4.78 is 0. The summed E-state index contributed by atoms with van der Waals surface area (Å²) in [6.45, 7) is 14.1. The molecule has 2 N–H and O–H groups in total. The van der Waals surface area contributed by atoms with Gasteiger partial charge in [-0.05, 0) is 35.9 Å². The highest BCUT2D eigenvalue weighted by atomic mass is 15.1. The van der Waals surface area contributed by atoms with E-state index in [1.54, 1.807) is 6.20 Å². The summed E-state index contributed by atoms with van der Waals surface area (Å²) in [7, 11) is 2.02. The number of aromatic amines is 1. The Morgan fingerprint density at radius 3 is 2.71 bits per heavy atom. The van der Waals surface area contributed by atoms with Crippen molar-refractivity contribution in [3.8, 4) is 0 Å². The highest BCUT2D eigenvalue weighted by molar-refractivity contribution is 5.93. The Balaban J connectivity index is 2.27. The van der Waals surface area contributed by atoms with Gasteiger partial charge >= 0.3 is 0 Å². The normalized spacial score (nSPS) is 13.3. The van der Waals surface area contributed by atoms with Gasteiger partial charge in [-0.3, -0.25) is 0 Å². The zero-order chi connectivity index (χ0) is 17.3. The number of rotatable bonds is 5. The monoisotopic (exact) mass is 317 g/mol. The van der Waals surface area contributed by atoms with Gasteiger partial charge in [0.05, 0.1) is 11.4 Å². The van der Waals surface area contributed by atoms with Crippen molar-refractivity contribution >= 4 is 23.0 Å². The molecule has 3 heteroatoms. The maximum absolute atomic E-state index is 4.16. The lowest BCUT2D eigenvalue weighted by Gasteiger charge is -2.27. The molecule has 0 atom stereocenters. The van der Waals surface area contributed by atoms with Crippen LogP contribution in [0.4, 0.5) is 5.69 Å². The Bertz CT molecular complexity index is 852. The van der Waals surface area contributed by atoms with Crippen molar-refractivity contribution in [2.24, 2.45) is 0 Å². The van der Waals surface area contributed by atoms with Gasteiger partial charge in [-0.2, -0.15) is 0 Å². The molecule has 0 unspecified atom stereocenters. The van der Waals surface area contributed by atoms with Gasteiger partial charge in [-0.15, -0.1) is 0 Å². The van der Waals surface area contributed by atoms with Gasteiger partial charge in [0.25, 0.3) is 0 Å². The minimum Gasteiger partial charge on any atom is -0.362 e. The smallest absolute Gasteiger partial charge is 0.0695 e. The first-order valence-corrected chi connectivity index (χ1v) is 8.09. The Hall–Kier alpha value is -2.94. The van der Waals surface area contributed by atoms with Gasteiger partial charge in [0, 0.05) is 41.8 Å². The molecule has 0 spiro atoms. The highest BCUT2D eigenvalue weighted by Gasteiger charge is 2.23. The second-order valence-corrected chi connectivity index (χ2v) is 5.88. The molecule has 3 nitrogen and oxygen atoms in total. The van der Waals surface area contributed by atoms with E-state index in [1.165, 1.54) is 16.7 Å². The van der Waals surface area contributed by atoms with E-state index in [4.69, 9.17) is 0 Å². The number of fused-ring (bicyclic) bond motifs is 1. The summed E-state index contributed by atoms with van der Waals surface area (Å²) >= 11 is 0. The second-order valence-electron chi connectivity index (χ2n) is 5.88. The van der Waals surface area contributed by atoms with Crippen LogP contribution in [0.3, 0.4) is 0 Å². The molecular weight excluding hydrogens is 294 g/mol. The van der Waals surface area contributed by atoms with E-state index in [0.717, 1.165) is 34.6 Å². The van der Waals surface area contributed by atoms with E-state index in [-0.39, 0.29) is 0 Å². The van der Waals surface area contributed by atoms with Crippen LogP contribution >= 0.6 is 0 Å². The van der Waals surface area contributed by atoms with Crippen LogP contribution < -0.4 is 5.32 Å². The molecule has 1 aliphatic rings. The van der Waals surface area contributed by atoms with E-state index in [2.05, 4.69) is 66.3 Å². The molecule has 0 radical (unpaired) electrons. The summed E-state index contributed by atoms with van der Waals surface area (Å²) in [5.41, 5.74) is 8.89. The lowest BCUT2D eigenvalue weighted by molar-refractivity contribution is 0.650. The lowest BCUT2D eigenvalue weighted by Crippen LogP contribution is -2.16. The van der Waals surface area contributed by atoms with Gasteiger partial charge in [-0.25, -0.2) is 0 Å². The Morgan fingerprint density at radius 2 is 2.04 bits per heavy atom. The third-order valence-corrected chi connectivity index (χ3v) is 4.47. The average molecular weight is 317 g/mol. The summed E-state index contributed by atoms with van der Waals surface area (Å²) in [4.78, 5) is 5.36. The van der Waals surface area contributed by atoms with Crippen molar-refractivity contribution in [2.75, 3.05) is 12.4 Å². The molecule has 0 fully saturated rings. The first-order valence-electron chi connectivity index (χ1n) is 8.09. The fourth-order valence-electron chi connectivity index (χ4n) is 3.15. The van der Waals surface area contributed by atoms with Crippen molar-refractivity contribution in [2.45, 2.75) is 13.3 Å². The van der Waals surface area contributed by atoms with E-state index in [9.17, 15) is 0 Å². The van der Waals surface area contributed by atoms with E-state index < -0.39 is 0 Å². The number of benzene rings is 1. The van der Waals surface area contributed by atoms with Gasteiger partial charge in [-0.1, -0.05) is 38.8 Å². The molecule has 1 aromatic heterocycles. The van der Waals surface area contributed by atoms with Crippen LogP contribution in [0.5, 0.6) is 0 Å². The third kappa shape index (κ3) is 2.48. The summed E-state index contributed by atoms with van der Waals surface area (Å²) in [6.07, 6.45) is 8.67. The van der Waals surface area contributed by atoms with Crippen LogP contribution in [0.15, 0.2) is 56.5 Å². The van der Waals surface area contributed by atoms with Crippen LogP contribution in [-0.4, -0.2) is 16.9 Å². The van der Waals surface area contributed by atoms with E-state index in [0.29, 0.717) is 0 Å². The van der Waals surface area contributed by atoms with Crippen LogP contribution in [0.2, 0.25) is 0 Å². The summed E-state index contributed by atoms with van der Waals surface area (Å²) in [5, 5.41) is 3.25. The Labute approximate surface area is 143 Å². The van der Waals surface area contributed by atoms with Crippen molar-refractivity contribution in [1.29, 1.82) is 0 Å². The number of hydrogen-bond acceptors (Lipinski definition) is 2. The number of nitrogens with zero attached hydrogens (tertiary/aromatic N) is 1. The van der Waals surface area contributed by atoms with Crippen molar-refractivity contribution < 1.29 is 0 Å². The number of aryl methyl sites for hydroxylation is 1. The first-order chi connectivity index (χ1) is 11.6. The van der Waals surface area contributed by atoms with Crippen LogP contribution in [0.25, 0.3) is 17.3 Å². The molecule has 2 aromatic rings. The Morgan fingerprint density at radius 1 is 1.25 bits per heavy atom. The molecular formula is C21H23N3. The van der Waals surface area contributed by atoms with E-state index >= 15 is 0 Å². The molecule has 122 valence electrons. The fourth-order valence-corrected chi connectivity index (χ4v) is 3.15. The predicted molar refractivity (Wildman–Crippen MR) is 104 cm³/mol. The van der Waals surface area contributed by atoms with Crippen molar-refractivity contribution in [1.82, 2.24) is 9.88 Å². The highest BCUT2D eigenvalue weighted by Crippen LogP contribution is 2.39. The van der Waals surface area contributed by atoms with Gasteiger partial charge in [0.15, 0.2) is 0 Å². The lowest BCUT2D eigenvalue weighted by atomic mass is 9.89. The molecule has 3 rings (SSSR count). The number of nitrogens with one attached hydrogen (secondary N) is 2. The fraction of sp³-hybridized carbons (Fsp3) is 0.143. The standard InChI is InChI=1S/C21H23N3/c1-6-15-11-18(16(7-2)20(12-15)22-8-3)19-13-24(5)14(4)21-17(19)9-10-23-21/h7-13,22-23H,2-4,6H2,1,5H3. The third-order valence-electron chi connectivity index (χ3n) is 4.47. The molecule has 0 saturated carbocycles. The molecule has 1 aliphatic heterocycles. The zero-order valence-electron chi connectivity index (χ0n) is 14.3. The average Bonchev–Trinajstić information content (AvgIpc) is 3.07. The number of H-pyrrole nitrogens is 1. The Kier molecular flexibility index (Phi) is 4.17. The minimum atomic E-state index is 0.964. The van der Waals surface area contributed by atoms with E-state index in [1.807, 2.05) is 19.3 Å². The molecule has 0 aliphatic carbocycles. The predicted octanol–water partition coefficient (Wildman–Crippen LogP) is 5.08. The molecule has 0 amide bonds. The van der Waals surface area contributed by atoms with Gasteiger partial charge < -0.3 is 15.2 Å². The minimum absolute atomic E-state index is 0.964. The molecule has 1 aromatic carbocycles. The molecule has 24 heavy (non-hydrogen) atoms. The SMILES string of the molecule is C=CNc1cc(CC)cc(C2=CN(C)C(=C)c3[nH]ccc32)c1C=C. The topological polar surface area (TPSA) is 31.1 Å². The van der Waals surface area contributed by atoms with Gasteiger partial charge in [0.1, 0.15) is 0 Å². The molecule has 0 bridgehead atoms. The second kappa shape index (κ2) is 6.28. The van der Waals surface area contributed by atoms with Crippen molar-refractivity contribution in [3.63, 3.8) is 0 Å². The van der Waals surface area contributed by atoms with Crippen molar-refractivity contribution in [3.05, 3.63) is 84.5 Å². The quantitative estimate of drug-likeness (QED) is 0.805. The number of aromatic nitrogens is 1. The zero-order valence-corrected chi connectivity index (χ0v) is 14.3. The maximum atomic E-state index is 4.16. The molecule has 0 saturated heterocycles. The number of hydrogen-bond donors (Lipinski definition) is 2. The number of anilines is 1. The maximum Gasteiger partial charge on any atom is 0.0695 e. The van der Waals surface area contributed by atoms with Gasteiger partial charge in [0.2, 0.25) is 0 Å². The summed E-state index contributed by atoms with van der Waals surface area (Å²) in [6, 6.07) is 6.51.